The molecule has 2 heterocycles. The maximum atomic E-state index is 12.7. The number of aryl methyl sites for hydroxylation is 1. The van der Waals surface area contributed by atoms with E-state index in [0.717, 1.165) is 0 Å². The minimum absolute atomic E-state index is 0.103. The van der Waals surface area contributed by atoms with Crippen molar-refractivity contribution in [2.24, 2.45) is 5.92 Å². The Morgan fingerprint density at radius 1 is 1.36 bits per heavy atom. The summed E-state index contributed by atoms with van der Waals surface area (Å²) in [6, 6.07) is 5.20. The van der Waals surface area contributed by atoms with Gasteiger partial charge in [-0.25, -0.2) is 4.98 Å². The van der Waals surface area contributed by atoms with Crippen molar-refractivity contribution in [3.63, 3.8) is 0 Å². The van der Waals surface area contributed by atoms with Gasteiger partial charge in [0.05, 0.1) is 25.8 Å². The normalized spacial score (nSPS) is 16.0. The van der Waals surface area contributed by atoms with Gasteiger partial charge < -0.3 is 14.8 Å². The second-order valence-electron chi connectivity index (χ2n) is 5.70. The zero-order valence-electron chi connectivity index (χ0n) is 14.2. The Balaban J connectivity index is 1.81. The average molecular weight is 361 g/mol. The minimum atomic E-state index is -0.338. The van der Waals surface area contributed by atoms with E-state index in [1.165, 1.54) is 18.9 Å². The number of thioether (sulfide) groups is 1. The lowest BCUT2D eigenvalue weighted by atomic mass is 10.1. The van der Waals surface area contributed by atoms with Crippen molar-refractivity contribution in [1.82, 2.24) is 9.55 Å². The predicted octanol–water partition coefficient (Wildman–Crippen LogP) is 1.93. The van der Waals surface area contributed by atoms with Crippen molar-refractivity contribution in [2.75, 3.05) is 25.3 Å². The molecular formula is C17H19N3O4S. The van der Waals surface area contributed by atoms with Crippen LogP contribution in [0.5, 0.6) is 11.5 Å². The zero-order valence-corrected chi connectivity index (χ0v) is 15.1. The number of ether oxygens (including phenoxy) is 2. The van der Waals surface area contributed by atoms with Gasteiger partial charge >= 0.3 is 0 Å². The van der Waals surface area contributed by atoms with Crippen molar-refractivity contribution in [3.8, 4) is 11.5 Å². The summed E-state index contributed by atoms with van der Waals surface area (Å²) in [6.07, 6.45) is 1.57. The first kappa shape index (κ1) is 17.3. The fourth-order valence-corrected chi connectivity index (χ4v) is 3.65. The van der Waals surface area contributed by atoms with E-state index >= 15 is 0 Å². The number of nitrogens with zero attached hydrogens (tertiary/aromatic N) is 2. The second kappa shape index (κ2) is 7.18. The van der Waals surface area contributed by atoms with E-state index in [2.05, 4.69) is 10.3 Å². The summed E-state index contributed by atoms with van der Waals surface area (Å²) >= 11 is 1.41. The zero-order chi connectivity index (χ0) is 18.0. The highest BCUT2D eigenvalue weighted by atomic mass is 32.2. The lowest BCUT2D eigenvalue weighted by Crippen LogP contribution is -2.37. The van der Waals surface area contributed by atoms with E-state index in [1.807, 2.05) is 0 Å². The Labute approximate surface area is 149 Å². The maximum Gasteiger partial charge on any atom is 0.257 e. The van der Waals surface area contributed by atoms with E-state index in [0.29, 0.717) is 40.2 Å². The van der Waals surface area contributed by atoms with Crippen molar-refractivity contribution in [2.45, 2.75) is 18.6 Å². The first-order valence-corrected chi connectivity index (χ1v) is 8.74. The number of carbonyl (C=O) groups excluding carboxylic acids is 1. The number of anilines is 1. The van der Waals surface area contributed by atoms with Crippen LogP contribution in [0.2, 0.25) is 0 Å². The van der Waals surface area contributed by atoms with Gasteiger partial charge in [0.2, 0.25) is 5.91 Å². The van der Waals surface area contributed by atoms with Crippen LogP contribution in [0.4, 0.5) is 5.69 Å². The quantitative estimate of drug-likeness (QED) is 0.838. The number of methoxy groups -OCH3 is 2. The lowest BCUT2D eigenvalue weighted by Gasteiger charge is -2.24. The van der Waals surface area contributed by atoms with Gasteiger partial charge in [0.25, 0.3) is 5.56 Å². The van der Waals surface area contributed by atoms with E-state index < -0.39 is 0 Å². The maximum absolute atomic E-state index is 12.7. The molecule has 3 rings (SSSR count). The number of aromatic nitrogens is 2. The van der Waals surface area contributed by atoms with Crippen LogP contribution >= 0.6 is 11.8 Å². The summed E-state index contributed by atoms with van der Waals surface area (Å²) < 4.78 is 12.0. The largest absolute Gasteiger partial charge is 0.497 e. The van der Waals surface area contributed by atoms with Crippen molar-refractivity contribution in [3.05, 3.63) is 40.3 Å². The second-order valence-corrected chi connectivity index (χ2v) is 6.69. The number of nitrogens with one attached hydrogen (secondary N) is 1. The van der Waals surface area contributed by atoms with E-state index in [4.69, 9.17) is 9.47 Å². The summed E-state index contributed by atoms with van der Waals surface area (Å²) in [4.78, 5) is 29.2. The molecule has 1 aromatic heterocycles. The number of hydrogen-bond donors (Lipinski definition) is 1. The highest BCUT2D eigenvalue weighted by Crippen LogP contribution is 2.31. The molecule has 0 fully saturated rings. The highest BCUT2D eigenvalue weighted by molar-refractivity contribution is 7.99. The van der Waals surface area contributed by atoms with Gasteiger partial charge in [0, 0.05) is 30.1 Å². The molecule has 1 unspecified atom stereocenters. The molecule has 2 aromatic rings. The molecule has 1 aliphatic heterocycles. The molecule has 1 N–H and O–H groups in total. The fourth-order valence-electron chi connectivity index (χ4n) is 2.61. The Morgan fingerprint density at radius 2 is 2.16 bits per heavy atom. The third-order valence-corrected chi connectivity index (χ3v) is 5.19. The van der Waals surface area contributed by atoms with Crippen molar-refractivity contribution in [1.29, 1.82) is 0 Å². The number of rotatable bonds is 4. The standard InChI is InChI=1S/C17H19N3O4S/c1-10-7-18-17-20(16(10)22)8-11(9-25-17)15(21)19-13-6-12(23-2)4-5-14(13)24-3/h4-7,11H,8-9H2,1-3H3,(H,19,21). The predicted molar refractivity (Wildman–Crippen MR) is 95.6 cm³/mol. The molecule has 1 atom stereocenters. The van der Waals surface area contributed by atoms with Gasteiger partial charge in [-0.05, 0) is 19.1 Å². The molecule has 1 aromatic carbocycles. The Morgan fingerprint density at radius 3 is 2.88 bits per heavy atom. The summed E-state index contributed by atoms with van der Waals surface area (Å²) in [6.45, 7) is 2.03. The van der Waals surface area contributed by atoms with Gasteiger partial charge in [0.15, 0.2) is 5.16 Å². The summed E-state index contributed by atoms with van der Waals surface area (Å²) in [5, 5.41) is 3.53. The highest BCUT2D eigenvalue weighted by Gasteiger charge is 2.27. The molecule has 132 valence electrons. The van der Waals surface area contributed by atoms with Crippen LogP contribution < -0.4 is 20.3 Å². The molecule has 1 aliphatic rings. The molecule has 0 bridgehead atoms. The first-order valence-electron chi connectivity index (χ1n) is 7.75. The van der Waals surface area contributed by atoms with Gasteiger partial charge in [0.1, 0.15) is 11.5 Å². The summed E-state index contributed by atoms with van der Waals surface area (Å²) in [5.41, 5.74) is 1.01. The molecule has 0 radical (unpaired) electrons. The number of benzene rings is 1. The third kappa shape index (κ3) is 3.48. The van der Waals surface area contributed by atoms with Crippen LogP contribution in [0.1, 0.15) is 5.56 Å². The van der Waals surface area contributed by atoms with Crippen LogP contribution in [0.25, 0.3) is 0 Å². The van der Waals surface area contributed by atoms with Crippen LogP contribution in [0.15, 0.2) is 34.3 Å². The topological polar surface area (TPSA) is 82.5 Å². The molecule has 1 amide bonds. The van der Waals surface area contributed by atoms with Crippen LogP contribution in [0, 0.1) is 12.8 Å². The van der Waals surface area contributed by atoms with Crippen LogP contribution in [-0.2, 0) is 11.3 Å². The number of carbonyl (C=O) groups is 1. The molecule has 0 aliphatic carbocycles. The monoisotopic (exact) mass is 361 g/mol. The van der Waals surface area contributed by atoms with Gasteiger partial charge in [-0.2, -0.15) is 0 Å². The first-order chi connectivity index (χ1) is 12.0. The fraction of sp³-hybridized carbons (Fsp3) is 0.353. The van der Waals surface area contributed by atoms with E-state index in [1.54, 1.807) is 43.0 Å². The average Bonchev–Trinajstić information content (AvgIpc) is 2.64. The van der Waals surface area contributed by atoms with Crippen molar-refractivity contribution >= 4 is 23.4 Å². The molecule has 8 heteroatoms. The number of fused-ring (bicyclic) bond motifs is 1. The molecule has 0 saturated carbocycles. The lowest BCUT2D eigenvalue weighted by molar-refractivity contribution is -0.119. The van der Waals surface area contributed by atoms with Gasteiger partial charge in [-0.15, -0.1) is 0 Å². The minimum Gasteiger partial charge on any atom is -0.497 e. The Bertz CT molecular complexity index is 865. The Kier molecular flexibility index (Phi) is 4.98. The molecular weight excluding hydrogens is 342 g/mol. The van der Waals surface area contributed by atoms with E-state index in [9.17, 15) is 9.59 Å². The molecule has 7 nitrogen and oxygen atoms in total. The smallest absolute Gasteiger partial charge is 0.257 e. The van der Waals surface area contributed by atoms with E-state index in [-0.39, 0.29) is 17.4 Å². The number of hydrogen-bond acceptors (Lipinski definition) is 6. The van der Waals surface area contributed by atoms with Gasteiger partial charge in [-0.3, -0.25) is 14.2 Å². The molecule has 0 spiro atoms. The summed E-state index contributed by atoms with van der Waals surface area (Å²) in [7, 11) is 3.10. The van der Waals surface area contributed by atoms with Crippen molar-refractivity contribution < 1.29 is 14.3 Å². The molecule has 0 saturated heterocycles. The molecule has 25 heavy (non-hydrogen) atoms. The number of amides is 1. The third-order valence-electron chi connectivity index (χ3n) is 4.03. The van der Waals surface area contributed by atoms with Crippen LogP contribution in [-0.4, -0.2) is 35.4 Å². The summed E-state index contributed by atoms with van der Waals surface area (Å²) in [5.74, 6) is 1.23. The SMILES string of the molecule is COc1ccc(OC)c(NC(=O)C2CSc3ncc(C)c(=O)n3C2)c1. The van der Waals surface area contributed by atoms with Crippen LogP contribution in [0.3, 0.4) is 0 Å². The van der Waals surface area contributed by atoms with Gasteiger partial charge in [-0.1, -0.05) is 11.8 Å². The Hall–Kier alpha value is -2.48.